The summed E-state index contributed by atoms with van der Waals surface area (Å²) >= 11 is 3.52. The van der Waals surface area contributed by atoms with Crippen LogP contribution in [-0.4, -0.2) is 26.5 Å². The average Bonchev–Trinajstić information content (AvgIpc) is 3.23. The van der Waals surface area contributed by atoms with Crippen LogP contribution in [0.3, 0.4) is 0 Å². The summed E-state index contributed by atoms with van der Waals surface area (Å²) in [5.41, 5.74) is 6.19. The smallest absolute Gasteiger partial charge is 0.127 e. The molecule has 5 aromatic rings. The standard InChI is InChI=1S/C25H20BrN5/c26-20-11-19(14-27-16-20)18-12-24(23-7-3-4-9-28-23)31-25(13-18)29-10-8-17-15-30-22-6-2-1-5-21(17)22/h1-7,9,11-16,30H,8,10H2,(H,29,31). The van der Waals surface area contributed by atoms with Gasteiger partial charge < -0.3 is 10.3 Å². The van der Waals surface area contributed by atoms with E-state index in [0.29, 0.717) is 0 Å². The number of H-pyrrole nitrogens is 1. The third kappa shape index (κ3) is 4.34. The minimum atomic E-state index is 0.774. The van der Waals surface area contributed by atoms with Crippen LogP contribution in [0.5, 0.6) is 0 Å². The van der Waals surface area contributed by atoms with E-state index in [4.69, 9.17) is 4.98 Å². The van der Waals surface area contributed by atoms with Gasteiger partial charge in [-0.15, -0.1) is 0 Å². The first-order valence-corrected chi connectivity index (χ1v) is 10.9. The van der Waals surface area contributed by atoms with E-state index in [-0.39, 0.29) is 0 Å². The summed E-state index contributed by atoms with van der Waals surface area (Å²) in [5.74, 6) is 0.818. The molecule has 1 aromatic carbocycles. The molecule has 0 radical (unpaired) electrons. The van der Waals surface area contributed by atoms with E-state index in [1.165, 1.54) is 10.9 Å². The first-order valence-electron chi connectivity index (χ1n) is 10.1. The Morgan fingerprint density at radius 3 is 2.68 bits per heavy atom. The number of fused-ring (bicyclic) bond motifs is 1. The number of pyridine rings is 3. The Morgan fingerprint density at radius 1 is 0.903 bits per heavy atom. The summed E-state index contributed by atoms with van der Waals surface area (Å²) in [7, 11) is 0. The molecule has 0 unspecified atom stereocenters. The molecular weight excluding hydrogens is 450 g/mol. The largest absolute Gasteiger partial charge is 0.370 e. The van der Waals surface area contributed by atoms with Gasteiger partial charge in [-0.1, -0.05) is 24.3 Å². The Bertz CT molecular complexity index is 1330. The summed E-state index contributed by atoms with van der Waals surface area (Å²) < 4.78 is 0.940. The van der Waals surface area contributed by atoms with Crippen LogP contribution < -0.4 is 5.32 Å². The predicted molar refractivity (Wildman–Crippen MR) is 129 cm³/mol. The number of aromatic amines is 1. The second-order valence-electron chi connectivity index (χ2n) is 7.27. The van der Waals surface area contributed by atoms with Crippen molar-refractivity contribution in [3.05, 3.63) is 95.5 Å². The monoisotopic (exact) mass is 469 g/mol. The lowest BCUT2D eigenvalue weighted by molar-refractivity contribution is 1.01. The molecule has 0 bridgehead atoms. The lowest BCUT2D eigenvalue weighted by atomic mass is 10.1. The highest BCUT2D eigenvalue weighted by atomic mass is 79.9. The summed E-state index contributed by atoms with van der Waals surface area (Å²) in [6.45, 7) is 0.774. The van der Waals surface area contributed by atoms with Crippen LogP contribution in [0, 0.1) is 0 Å². The van der Waals surface area contributed by atoms with Crippen molar-refractivity contribution >= 4 is 32.7 Å². The van der Waals surface area contributed by atoms with Gasteiger partial charge >= 0.3 is 0 Å². The average molecular weight is 470 g/mol. The Kier molecular flexibility index (Phi) is 5.46. The van der Waals surface area contributed by atoms with Crippen LogP contribution in [-0.2, 0) is 6.42 Å². The number of aromatic nitrogens is 4. The van der Waals surface area contributed by atoms with Gasteiger partial charge in [0.15, 0.2) is 0 Å². The van der Waals surface area contributed by atoms with Gasteiger partial charge in [-0.05, 0) is 69.9 Å². The summed E-state index contributed by atoms with van der Waals surface area (Å²) in [4.78, 5) is 16.9. The molecule has 6 heteroatoms. The number of hydrogen-bond donors (Lipinski definition) is 2. The molecule has 0 atom stereocenters. The molecule has 4 aromatic heterocycles. The Morgan fingerprint density at radius 2 is 1.81 bits per heavy atom. The Hall–Kier alpha value is -3.51. The Balaban J connectivity index is 1.43. The molecule has 5 rings (SSSR count). The first-order chi connectivity index (χ1) is 15.3. The molecule has 0 aliphatic carbocycles. The molecule has 0 fully saturated rings. The van der Waals surface area contributed by atoms with Crippen molar-refractivity contribution in [2.24, 2.45) is 0 Å². The van der Waals surface area contributed by atoms with E-state index in [9.17, 15) is 0 Å². The number of nitrogens with zero attached hydrogens (tertiary/aromatic N) is 3. The highest BCUT2D eigenvalue weighted by molar-refractivity contribution is 9.10. The van der Waals surface area contributed by atoms with Crippen molar-refractivity contribution < 1.29 is 0 Å². The van der Waals surface area contributed by atoms with Gasteiger partial charge in [-0.3, -0.25) is 9.97 Å². The molecule has 0 saturated carbocycles. The van der Waals surface area contributed by atoms with Gasteiger partial charge in [-0.25, -0.2) is 4.98 Å². The third-order valence-electron chi connectivity index (χ3n) is 5.17. The van der Waals surface area contributed by atoms with Crippen molar-refractivity contribution in [3.63, 3.8) is 0 Å². The topological polar surface area (TPSA) is 66.5 Å². The van der Waals surface area contributed by atoms with Gasteiger partial charge in [0, 0.05) is 52.3 Å². The van der Waals surface area contributed by atoms with Crippen LogP contribution in [0.25, 0.3) is 33.4 Å². The lowest BCUT2D eigenvalue weighted by Gasteiger charge is -2.11. The summed E-state index contributed by atoms with van der Waals surface area (Å²) in [5, 5.41) is 4.76. The van der Waals surface area contributed by atoms with Gasteiger partial charge in [0.1, 0.15) is 5.82 Å². The van der Waals surface area contributed by atoms with E-state index in [1.54, 1.807) is 12.4 Å². The Labute approximate surface area is 188 Å². The van der Waals surface area contributed by atoms with Crippen LogP contribution in [0.2, 0.25) is 0 Å². The summed E-state index contributed by atoms with van der Waals surface area (Å²) in [6, 6.07) is 20.4. The molecule has 0 aliphatic rings. The van der Waals surface area contributed by atoms with Crippen molar-refractivity contribution in [1.29, 1.82) is 0 Å². The maximum absolute atomic E-state index is 4.82. The molecule has 4 heterocycles. The van der Waals surface area contributed by atoms with Crippen molar-refractivity contribution in [2.75, 3.05) is 11.9 Å². The van der Waals surface area contributed by atoms with Crippen LogP contribution in [0.4, 0.5) is 5.82 Å². The zero-order valence-corrected chi connectivity index (χ0v) is 18.3. The first kappa shape index (κ1) is 19.5. The van der Waals surface area contributed by atoms with Gasteiger partial charge in [0.05, 0.1) is 11.4 Å². The van der Waals surface area contributed by atoms with Crippen molar-refractivity contribution in [1.82, 2.24) is 19.9 Å². The molecule has 0 amide bonds. The van der Waals surface area contributed by atoms with Crippen LogP contribution >= 0.6 is 15.9 Å². The zero-order chi connectivity index (χ0) is 21.0. The van der Waals surface area contributed by atoms with Crippen LogP contribution in [0.1, 0.15) is 5.56 Å². The minimum Gasteiger partial charge on any atom is -0.370 e. The number of rotatable bonds is 6. The predicted octanol–water partition coefficient (Wildman–Crippen LogP) is 6.10. The molecule has 152 valence electrons. The molecule has 0 aliphatic heterocycles. The molecule has 0 saturated heterocycles. The van der Waals surface area contributed by atoms with E-state index < -0.39 is 0 Å². The SMILES string of the molecule is Brc1cncc(-c2cc(NCCc3c[nH]c4ccccc34)nc(-c3ccccn3)c2)c1. The number of nitrogens with one attached hydrogen (secondary N) is 2. The van der Waals surface area contributed by atoms with Gasteiger partial charge in [0.25, 0.3) is 0 Å². The molecule has 5 nitrogen and oxygen atoms in total. The van der Waals surface area contributed by atoms with Crippen molar-refractivity contribution in [3.8, 4) is 22.5 Å². The molecule has 0 spiro atoms. The fourth-order valence-corrected chi connectivity index (χ4v) is 4.03. The zero-order valence-electron chi connectivity index (χ0n) is 16.7. The third-order valence-corrected chi connectivity index (χ3v) is 5.60. The highest BCUT2D eigenvalue weighted by Gasteiger charge is 2.09. The maximum Gasteiger partial charge on any atom is 0.127 e. The molecule has 2 N–H and O–H groups in total. The second-order valence-corrected chi connectivity index (χ2v) is 8.19. The highest BCUT2D eigenvalue weighted by Crippen LogP contribution is 2.28. The fourth-order valence-electron chi connectivity index (χ4n) is 3.67. The van der Waals surface area contributed by atoms with E-state index in [0.717, 1.165) is 51.3 Å². The van der Waals surface area contributed by atoms with Crippen LogP contribution in [0.15, 0.2) is 89.9 Å². The lowest BCUT2D eigenvalue weighted by Crippen LogP contribution is -2.07. The summed E-state index contributed by atoms with van der Waals surface area (Å²) in [6.07, 6.45) is 8.41. The number of benzene rings is 1. The number of para-hydroxylation sites is 1. The normalized spacial score (nSPS) is 11.0. The molecule has 31 heavy (non-hydrogen) atoms. The van der Waals surface area contributed by atoms with Gasteiger partial charge in [0.2, 0.25) is 0 Å². The number of anilines is 1. The van der Waals surface area contributed by atoms with E-state index >= 15 is 0 Å². The molecular formula is C25H20BrN5. The number of hydrogen-bond acceptors (Lipinski definition) is 4. The quantitative estimate of drug-likeness (QED) is 0.315. The van der Waals surface area contributed by atoms with Crippen molar-refractivity contribution in [2.45, 2.75) is 6.42 Å². The minimum absolute atomic E-state index is 0.774. The second kappa shape index (κ2) is 8.70. The number of halogens is 1. The van der Waals surface area contributed by atoms with Gasteiger partial charge in [-0.2, -0.15) is 0 Å². The van der Waals surface area contributed by atoms with E-state index in [1.807, 2.05) is 30.5 Å². The maximum atomic E-state index is 4.82. The van der Waals surface area contributed by atoms with E-state index in [2.05, 4.69) is 78.8 Å². The fraction of sp³-hybridized carbons (Fsp3) is 0.0800.